The summed E-state index contributed by atoms with van der Waals surface area (Å²) in [6.07, 6.45) is 5.73. The summed E-state index contributed by atoms with van der Waals surface area (Å²) in [5, 5.41) is 8.37. The highest BCUT2D eigenvalue weighted by Gasteiger charge is 2.31. The van der Waals surface area contributed by atoms with Gasteiger partial charge in [-0.05, 0) is 6.08 Å². The van der Waals surface area contributed by atoms with E-state index in [1.807, 2.05) is 0 Å². The molecule has 1 aliphatic rings. The Balaban J connectivity index is 0.000001000. The molecule has 2 atom stereocenters. The van der Waals surface area contributed by atoms with Crippen LogP contribution in [0.1, 0.15) is 0 Å². The van der Waals surface area contributed by atoms with Gasteiger partial charge in [0.15, 0.2) is 5.79 Å². The Morgan fingerprint density at radius 1 is 1.55 bits per heavy atom. The fraction of sp³-hybridized carbons (Fsp3) is 0.286. The van der Waals surface area contributed by atoms with Crippen LogP contribution in [0.5, 0.6) is 0 Å². The van der Waals surface area contributed by atoms with Crippen molar-refractivity contribution in [1.29, 1.82) is 5.26 Å². The number of nitrogens with zero attached hydrogens (tertiary/aromatic N) is 1. The second-order valence-electron chi connectivity index (χ2n) is 2.18. The van der Waals surface area contributed by atoms with Crippen LogP contribution in [-0.2, 0) is 0 Å². The maximum atomic E-state index is 13.0. The van der Waals surface area contributed by atoms with Gasteiger partial charge < -0.3 is 6.15 Å². The fourth-order valence-electron chi connectivity index (χ4n) is 0.771. The van der Waals surface area contributed by atoms with Gasteiger partial charge in [0.1, 0.15) is 5.92 Å². The minimum Gasteiger partial charge on any atom is -0.344 e. The van der Waals surface area contributed by atoms with Crippen molar-refractivity contribution < 1.29 is 4.39 Å². The first kappa shape index (κ1) is 9.82. The molecule has 0 saturated carbocycles. The van der Waals surface area contributed by atoms with Gasteiger partial charge in [0, 0.05) is 0 Å². The third-order valence-corrected chi connectivity index (χ3v) is 1.38. The molecule has 3 nitrogen and oxygen atoms in total. The van der Waals surface area contributed by atoms with Crippen molar-refractivity contribution >= 4 is 0 Å². The molecule has 0 bridgehead atoms. The number of rotatable bonds is 0. The Morgan fingerprint density at radius 3 is 2.55 bits per heavy atom. The van der Waals surface area contributed by atoms with Gasteiger partial charge in [-0.3, -0.25) is 5.73 Å². The molecule has 0 saturated heterocycles. The van der Waals surface area contributed by atoms with E-state index in [0.717, 1.165) is 0 Å². The fourth-order valence-corrected chi connectivity index (χ4v) is 0.771. The van der Waals surface area contributed by atoms with Crippen LogP contribution in [0.3, 0.4) is 0 Å². The van der Waals surface area contributed by atoms with Gasteiger partial charge >= 0.3 is 0 Å². The first-order chi connectivity index (χ1) is 4.67. The minimum absolute atomic E-state index is 0. The van der Waals surface area contributed by atoms with Crippen LogP contribution in [0.15, 0.2) is 24.3 Å². The molecule has 0 aromatic carbocycles. The number of allylic oxidation sites excluding steroid dienone is 2. The van der Waals surface area contributed by atoms with Crippen LogP contribution in [0.2, 0.25) is 0 Å². The van der Waals surface area contributed by atoms with E-state index < -0.39 is 11.7 Å². The average molecular weight is 155 g/mol. The van der Waals surface area contributed by atoms with E-state index in [1.54, 1.807) is 12.1 Å². The Hall–Kier alpha value is -1.18. The molecule has 0 aliphatic heterocycles. The molecule has 0 spiro atoms. The van der Waals surface area contributed by atoms with Crippen LogP contribution in [0, 0.1) is 17.2 Å². The second kappa shape index (κ2) is 3.28. The van der Waals surface area contributed by atoms with E-state index in [1.165, 1.54) is 18.2 Å². The summed E-state index contributed by atoms with van der Waals surface area (Å²) in [5.41, 5.74) is 5.11. The smallest absolute Gasteiger partial charge is 0.197 e. The molecule has 0 amide bonds. The molecule has 4 heteroatoms. The van der Waals surface area contributed by atoms with Crippen molar-refractivity contribution in [2.45, 2.75) is 5.79 Å². The van der Waals surface area contributed by atoms with Gasteiger partial charge in [0.05, 0.1) is 6.07 Å². The number of hydrogen-bond donors (Lipinski definition) is 2. The van der Waals surface area contributed by atoms with Crippen LogP contribution in [-0.4, -0.2) is 5.79 Å². The van der Waals surface area contributed by atoms with Gasteiger partial charge in [-0.2, -0.15) is 5.26 Å². The third-order valence-electron chi connectivity index (χ3n) is 1.38. The van der Waals surface area contributed by atoms with Crippen molar-refractivity contribution in [2.75, 3.05) is 0 Å². The molecule has 0 aromatic rings. The van der Waals surface area contributed by atoms with Crippen LogP contribution < -0.4 is 11.9 Å². The first-order valence-electron chi connectivity index (χ1n) is 2.90. The Morgan fingerprint density at radius 2 is 2.18 bits per heavy atom. The predicted octanol–water partition coefficient (Wildman–Crippen LogP) is 1.04. The standard InChI is InChI=1S/C7H7FN2.H3N/c8-7(10)4-2-1-3-6(7)5-9;/h1-4,6H,10H2;1H3. The van der Waals surface area contributed by atoms with Gasteiger partial charge in [0.25, 0.3) is 0 Å². The van der Waals surface area contributed by atoms with E-state index in [4.69, 9.17) is 11.0 Å². The molecule has 0 radical (unpaired) electrons. The van der Waals surface area contributed by atoms with Crippen molar-refractivity contribution in [3.05, 3.63) is 24.3 Å². The SMILES string of the molecule is N.N#CC1C=CC=CC1(N)F. The molecule has 1 aliphatic carbocycles. The van der Waals surface area contributed by atoms with Crippen molar-refractivity contribution in [1.82, 2.24) is 6.15 Å². The van der Waals surface area contributed by atoms with E-state index in [2.05, 4.69) is 0 Å². The van der Waals surface area contributed by atoms with Gasteiger partial charge in [-0.25, -0.2) is 4.39 Å². The zero-order valence-corrected chi connectivity index (χ0v) is 6.00. The molecule has 0 aromatic heterocycles. The monoisotopic (exact) mass is 155 g/mol. The molecule has 60 valence electrons. The Bertz CT molecular complexity index is 224. The molecule has 1 rings (SSSR count). The highest BCUT2D eigenvalue weighted by atomic mass is 19.1. The topological polar surface area (TPSA) is 84.8 Å². The zero-order valence-electron chi connectivity index (χ0n) is 6.00. The maximum Gasteiger partial charge on any atom is 0.197 e. The lowest BCUT2D eigenvalue weighted by Crippen LogP contribution is -2.40. The lowest BCUT2D eigenvalue weighted by atomic mass is 9.95. The summed E-state index contributed by atoms with van der Waals surface area (Å²) >= 11 is 0. The molecule has 0 heterocycles. The molecule has 2 unspecified atom stereocenters. The van der Waals surface area contributed by atoms with E-state index in [-0.39, 0.29) is 6.15 Å². The summed E-state index contributed by atoms with van der Waals surface area (Å²) < 4.78 is 13.0. The highest BCUT2D eigenvalue weighted by molar-refractivity contribution is 5.24. The first-order valence-corrected chi connectivity index (χ1v) is 2.90. The summed E-state index contributed by atoms with van der Waals surface area (Å²) in [6.45, 7) is 0. The third kappa shape index (κ3) is 1.87. The number of nitrogens with two attached hydrogens (primary N) is 1. The normalized spacial score (nSPS) is 34.1. The van der Waals surface area contributed by atoms with E-state index in [9.17, 15) is 4.39 Å². The number of nitriles is 1. The minimum atomic E-state index is -1.98. The largest absolute Gasteiger partial charge is 0.344 e. The van der Waals surface area contributed by atoms with Crippen LogP contribution in [0.4, 0.5) is 4.39 Å². The average Bonchev–Trinajstić information content (AvgIpc) is 1.87. The van der Waals surface area contributed by atoms with Crippen molar-refractivity contribution in [3.63, 3.8) is 0 Å². The number of alkyl halides is 1. The van der Waals surface area contributed by atoms with Crippen LogP contribution in [0.25, 0.3) is 0 Å². The second-order valence-corrected chi connectivity index (χ2v) is 2.18. The summed E-state index contributed by atoms with van der Waals surface area (Å²) in [7, 11) is 0. The molecule has 11 heavy (non-hydrogen) atoms. The predicted molar refractivity (Wildman–Crippen MR) is 40.4 cm³/mol. The summed E-state index contributed by atoms with van der Waals surface area (Å²) in [4.78, 5) is 0. The Kier molecular flexibility index (Phi) is 2.93. The zero-order chi connectivity index (χ0) is 7.61. The summed E-state index contributed by atoms with van der Waals surface area (Å²) in [5.74, 6) is -2.83. The number of halogens is 1. The molecule has 5 N–H and O–H groups in total. The van der Waals surface area contributed by atoms with E-state index in [0.29, 0.717) is 0 Å². The molecular formula is C7H10FN3. The highest BCUT2D eigenvalue weighted by Crippen LogP contribution is 2.22. The van der Waals surface area contributed by atoms with Crippen molar-refractivity contribution in [3.8, 4) is 6.07 Å². The lowest BCUT2D eigenvalue weighted by Gasteiger charge is -2.20. The van der Waals surface area contributed by atoms with Crippen LogP contribution >= 0.6 is 0 Å². The van der Waals surface area contributed by atoms with E-state index >= 15 is 0 Å². The molecular weight excluding hydrogens is 145 g/mol. The number of hydrogen-bond acceptors (Lipinski definition) is 3. The maximum absolute atomic E-state index is 13.0. The quantitative estimate of drug-likeness (QED) is 0.512. The van der Waals surface area contributed by atoms with Crippen molar-refractivity contribution in [2.24, 2.45) is 11.7 Å². The Labute approximate surface area is 64.6 Å². The van der Waals surface area contributed by atoms with Gasteiger partial charge in [-0.1, -0.05) is 18.2 Å². The summed E-state index contributed by atoms with van der Waals surface area (Å²) in [6, 6.07) is 1.76. The van der Waals surface area contributed by atoms with Gasteiger partial charge in [0.2, 0.25) is 0 Å². The lowest BCUT2D eigenvalue weighted by molar-refractivity contribution is 0.203. The molecule has 0 fully saturated rings. The van der Waals surface area contributed by atoms with Gasteiger partial charge in [-0.15, -0.1) is 0 Å².